The average molecular weight is 284 g/mol. The van der Waals surface area contributed by atoms with Crippen LogP contribution in [0.5, 0.6) is 0 Å². The molecule has 0 aromatic heterocycles. The summed E-state index contributed by atoms with van der Waals surface area (Å²) in [6, 6.07) is 1.36. The summed E-state index contributed by atoms with van der Waals surface area (Å²) < 4.78 is 5.33. The standard InChI is InChI=1S/C16H32N2O2/c1-6-12(7-2)17-13-9-8-10-14(11-13)18-15(19)20-16(3,4)5/h12-14,17H,6-11H2,1-5H3,(H,18,19). The summed E-state index contributed by atoms with van der Waals surface area (Å²) >= 11 is 0. The molecule has 0 radical (unpaired) electrons. The third kappa shape index (κ3) is 6.60. The van der Waals surface area contributed by atoms with Gasteiger partial charge >= 0.3 is 6.09 Å². The molecule has 2 unspecified atom stereocenters. The maximum Gasteiger partial charge on any atom is 0.407 e. The van der Waals surface area contributed by atoms with Gasteiger partial charge in [0, 0.05) is 18.1 Å². The number of alkyl carbamates (subject to hydrolysis) is 1. The Balaban J connectivity index is 2.39. The van der Waals surface area contributed by atoms with E-state index in [9.17, 15) is 4.79 Å². The van der Waals surface area contributed by atoms with Crippen LogP contribution >= 0.6 is 0 Å². The second-order valence-corrected chi connectivity index (χ2v) is 6.89. The number of amides is 1. The van der Waals surface area contributed by atoms with Crippen LogP contribution in [-0.4, -0.2) is 29.8 Å². The Hall–Kier alpha value is -0.770. The molecule has 4 heteroatoms. The van der Waals surface area contributed by atoms with Crippen molar-refractivity contribution in [3.8, 4) is 0 Å². The summed E-state index contributed by atoms with van der Waals surface area (Å²) in [4.78, 5) is 11.8. The van der Waals surface area contributed by atoms with Gasteiger partial charge in [0.15, 0.2) is 0 Å². The molecule has 118 valence electrons. The van der Waals surface area contributed by atoms with E-state index in [1.165, 1.54) is 6.42 Å². The number of hydrogen-bond donors (Lipinski definition) is 2. The molecule has 0 aromatic rings. The second-order valence-electron chi connectivity index (χ2n) is 6.89. The Morgan fingerprint density at radius 3 is 2.35 bits per heavy atom. The largest absolute Gasteiger partial charge is 0.444 e. The molecule has 1 aliphatic carbocycles. The highest BCUT2D eigenvalue weighted by atomic mass is 16.6. The van der Waals surface area contributed by atoms with Crippen LogP contribution in [0.1, 0.15) is 73.1 Å². The molecule has 1 aliphatic rings. The van der Waals surface area contributed by atoms with Gasteiger partial charge in [0.1, 0.15) is 5.60 Å². The Labute approximate surface area is 124 Å². The van der Waals surface area contributed by atoms with Crippen LogP contribution in [-0.2, 0) is 4.74 Å². The minimum absolute atomic E-state index is 0.241. The third-order valence-electron chi connectivity index (χ3n) is 3.85. The number of ether oxygens (including phenoxy) is 1. The van der Waals surface area contributed by atoms with E-state index >= 15 is 0 Å². The van der Waals surface area contributed by atoms with E-state index < -0.39 is 5.60 Å². The minimum Gasteiger partial charge on any atom is -0.444 e. The fraction of sp³-hybridized carbons (Fsp3) is 0.938. The van der Waals surface area contributed by atoms with Crippen molar-refractivity contribution in [1.29, 1.82) is 0 Å². The Kier molecular flexibility index (Phi) is 6.80. The average Bonchev–Trinajstić information content (AvgIpc) is 2.34. The highest BCUT2D eigenvalue weighted by Crippen LogP contribution is 2.20. The molecular weight excluding hydrogens is 252 g/mol. The molecule has 1 fully saturated rings. The summed E-state index contributed by atoms with van der Waals surface area (Å²) in [7, 11) is 0. The third-order valence-corrected chi connectivity index (χ3v) is 3.85. The Morgan fingerprint density at radius 2 is 1.80 bits per heavy atom. The van der Waals surface area contributed by atoms with Crippen molar-refractivity contribution in [1.82, 2.24) is 10.6 Å². The van der Waals surface area contributed by atoms with Gasteiger partial charge in [-0.3, -0.25) is 0 Å². The van der Waals surface area contributed by atoms with E-state index in [2.05, 4.69) is 24.5 Å². The van der Waals surface area contributed by atoms with Crippen LogP contribution in [0.2, 0.25) is 0 Å². The van der Waals surface area contributed by atoms with Gasteiger partial charge < -0.3 is 15.4 Å². The smallest absolute Gasteiger partial charge is 0.407 e. The topological polar surface area (TPSA) is 50.4 Å². The lowest BCUT2D eigenvalue weighted by Gasteiger charge is -2.33. The Morgan fingerprint density at radius 1 is 1.20 bits per heavy atom. The molecule has 1 amide bonds. The quantitative estimate of drug-likeness (QED) is 0.811. The van der Waals surface area contributed by atoms with Crippen molar-refractivity contribution >= 4 is 6.09 Å². The Bertz CT molecular complexity index is 295. The fourth-order valence-corrected chi connectivity index (χ4v) is 2.80. The van der Waals surface area contributed by atoms with E-state index in [1.807, 2.05) is 20.8 Å². The van der Waals surface area contributed by atoms with Crippen molar-refractivity contribution in [3.05, 3.63) is 0 Å². The van der Waals surface area contributed by atoms with Gasteiger partial charge in [-0.2, -0.15) is 0 Å². The summed E-state index contributed by atoms with van der Waals surface area (Å²) in [6.45, 7) is 10.1. The number of rotatable bonds is 5. The molecule has 20 heavy (non-hydrogen) atoms. The lowest BCUT2D eigenvalue weighted by Crippen LogP contribution is -2.47. The number of carbonyl (C=O) groups excluding carboxylic acids is 1. The molecule has 0 aromatic carbocycles. The molecule has 2 atom stereocenters. The van der Waals surface area contributed by atoms with Crippen molar-refractivity contribution in [2.45, 2.75) is 96.9 Å². The molecule has 0 saturated heterocycles. The fourth-order valence-electron chi connectivity index (χ4n) is 2.80. The first-order chi connectivity index (χ1) is 9.34. The summed E-state index contributed by atoms with van der Waals surface area (Å²) in [5.74, 6) is 0. The van der Waals surface area contributed by atoms with E-state index in [4.69, 9.17) is 4.74 Å². The molecule has 4 nitrogen and oxygen atoms in total. The molecule has 1 saturated carbocycles. The zero-order chi connectivity index (χ0) is 15.2. The normalized spacial score (nSPS) is 23.7. The van der Waals surface area contributed by atoms with Crippen LogP contribution in [0.15, 0.2) is 0 Å². The SMILES string of the molecule is CCC(CC)NC1CCCC(NC(=O)OC(C)(C)C)C1. The summed E-state index contributed by atoms with van der Waals surface area (Å²) in [5, 5.41) is 6.73. The van der Waals surface area contributed by atoms with Gasteiger partial charge in [0.25, 0.3) is 0 Å². The van der Waals surface area contributed by atoms with Crippen LogP contribution in [0.3, 0.4) is 0 Å². The predicted molar refractivity (Wildman–Crippen MR) is 82.9 cm³/mol. The number of nitrogens with one attached hydrogen (secondary N) is 2. The van der Waals surface area contributed by atoms with Gasteiger partial charge in [-0.15, -0.1) is 0 Å². The van der Waals surface area contributed by atoms with E-state index in [0.717, 1.165) is 32.1 Å². The first-order valence-corrected chi connectivity index (χ1v) is 8.09. The molecule has 0 heterocycles. The predicted octanol–water partition coefficient (Wildman–Crippen LogP) is 3.60. The number of carbonyl (C=O) groups is 1. The van der Waals surface area contributed by atoms with Crippen LogP contribution in [0.4, 0.5) is 4.79 Å². The van der Waals surface area contributed by atoms with Crippen molar-refractivity contribution < 1.29 is 9.53 Å². The monoisotopic (exact) mass is 284 g/mol. The van der Waals surface area contributed by atoms with Crippen molar-refractivity contribution in [2.24, 2.45) is 0 Å². The highest BCUT2D eigenvalue weighted by molar-refractivity contribution is 5.68. The molecule has 0 aliphatic heterocycles. The van der Waals surface area contributed by atoms with Gasteiger partial charge in [-0.1, -0.05) is 13.8 Å². The minimum atomic E-state index is -0.425. The van der Waals surface area contributed by atoms with Crippen LogP contribution in [0.25, 0.3) is 0 Å². The first-order valence-electron chi connectivity index (χ1n) is 8.09. The summed E-state index contributed by atoms with van der Waals surface area (Å²) in [5.41, 5.74) is -0.425. The molecule has 0 spiro atoms. The molecule has 1 rings (SSSR count). The maximum atomic E-state index is 11.8. The highest BCUT2D eigenvalue weighted by Gasteiger charge is 2.26. The van der Waals surface area contributed by atoms with Gasteiger partial charge in [-0.25, -0.2) is 4.79 Å². The van der Waals surface area contributed by atoms with Gasteiger partial charge in [0.05, 0.1) is 0 Å². The van der Waals surface area contributed by atoms with Crippen molar-refractivity contribution in [2.75, 3.05) is 0 Å². The zero-order valence-corrected chi connectivity index (χ0v) is 13.8. The first kappa shape index (κ1) is 17.3. The van der Waals surface area contributed by atoms with E-state index in [-0.39, 0.29) is 12.1 Å². The van der Waals surface area contributed by atoms with E-state index in [1.54, 1.807) is 0 Å². The lowest BCUT2D eigenvalue weighted by molar-refractivity contribution is 0.0488. The van der Waals surface area contributed by atoms with Crippen LogP contribution < -0.4 is 10.6 Å². The number of hydrogen-bond acceptors (Lipinski definition) is 3. The maximum absolute atomic E-state index is 11.8. The van der Waals surface area contributed by atoms with Crippen molar-refractivity contribution in [3.63, 3.8) is 0 Å². The summed E-state index contributed by atoms with van der Waals surface area (Å²) in [6.07, 6.45) is 6.48. The zero-order valence-electron chi connectivity index (χ0n) is 13.8. The second kappa shape index (κ2) is 7.87. The lowest BCUT2D eigenvalue weighted by atomic mass is 9.90. The van der Waals surface area contributed by atoms with E-state index in [0.29, 0.717) is 12.1 Å². The van der Waals surface area contributed by atoms with Gasteiger partial charge in [-0.05, 0) is 59.3 Å². The molecule has 2 N–H and O–H groups in total. The van der Waals surface area contributed by atoms with Gasteiger partial charge in [0.2, 0.25) is 0 Å². The van der Waals surface area contributed by atoms with Crippen LogP contribution in [0, 0.1) is 0 Å². The molecular formula is C16H32N2O2. The molecule has 0 bridgehead atoms.